The molecule has 0 radical (unpaired) electrons. The van der Waals surface area contributed by atoms with Crippen LogP contribution in [0.2, 0.25) is 0 Å². The van der Waals surface area contributed by atoms with Crippen molar-refractivity contribution in [3.05, 3.63) is 30.3 Å². The second-order valence-corrected chi connectivity index (χ2v) is 6.20. The summed E-state index contributed by atoms with van der Waals surface area (Å²) in [4.78, 5) is 1.30. The topological polar surface area (TPSA) is 20.2 Å². The Kier molecular flexibility index (Phi) is 3.60. The van der Waals surface area contributed by atoms with Gasteiger partial charge in [-0.05, 0) is 43.7 Å². The zero-order chi connectivity index (χ0) is 11.6. The van der Waals surface area contributed by atoms with Gasteiger partial charge in [0.25, 0.3) is 0 Å². The highest BCUT2D eigenvalue weighted by molar-refractivity contribution is 7.99. The number of hydrogen-bond acceptors (Lipinski definition) is 2. The Morgan fingerprint density at radius 2 is 2.06 bits per heavy atom. The van der Waals surface area contributed by atoms with Crippen molar-refractivity contribution >= 4 is 11.8 Å². The molecule has 88 valence electrons. The molecule has 1 aliphatic carbocycles. The third-order valence-corrected chi connectivity index (χ3v) is 4.90. The van der Waals surface area contributed by atoms with E-state index >= 15 is 0 Å². The fraction of sp³-hybridized carbons (Fsp3) is 0.571. The fourth-order valence-electron chi connectivity index (χ4n) is 2.57. The maximum Gasteiger partial charge on any atom is 0.0658 e. The van der Waals surface area contributed by atoms with Gasteiger partial charge in [-0.3, -0.25) is 0 Å². The number of benzene rings is 1. The molecule has 1 fully saturated rings. The van der Waals surface area contributed by atoms with Gasteiger partial charge in [0.15, 0.2) is 0 Å². The first-order valence-electron chi connectivity index (χ1n) is 6.00. The first-order valence-corrected chi connectivity index (χ1v) is 6.98. The molecular weight excluding hydrogens is 216 g/mol. The van der Waals surface area contributed by atoms with Crippen LogP contribution in [-0.4, -0.2) is 16.5 Å². The third kappa shape index (κ3) is 2.61. The predicted molar refractivity (Wildman–Crippen MR) is 69.7 cm³/mol. The van der Waals surface area contributed by atoms with Gasteiger partial charge >= 0.3 is 0 Å². The summed E-state index contributed by atoms with van der Waals surface area (Å²) in [5.41, 5.74) is -0.457. The molecule has 1 aromatic carbocycles. The largest absolute Gasteiger partial charge is 0.390 e. The highest BCUT2D eigenvalue weighted by atomic mass is 32.2. The van der Waals surface area contributed by atoms with Gasteiger partial charge in [0.1, 0.15) is 0 Å². The smallest absolute Gasteiger partial charge is 0.0658 e. The molecule has 1 nitrogen and oxygen atoms in total. The van der Waals surface area contributed by atoms with Gasteiger partial charge in [-0.2, -0.15) is 0 Å². The van der Waals surface area contributed by atoms with Gasteiger partial charge in [-0.1, -0.05) is 25.1 Å². The highest BCUT2D eigenvalue weighted by Gasteiger charge is 2.41. The Labute approximate surface area is 102 Å². The van der Waals surface area contributed by atoms with Crippen molar-refractivity contribution < 1.29 is 5.11 Å². The van der Waals surface area contributed by atoms with Crippen molar-refractivity contribution in [2.24, 2.45) is 11.8 Å². The summed E-state index contributed by atoms with van der Waals surface area (Å²) in [5.74, 6) is 2.10. The van der Waals surface area contributed by atoms with E-state index in [0.29, 0.717) is 11.8 Å². The van der Waals surface area contributed by atoms with Gasteiger partial charge in [0, 0.05) is 10.6 Å². The summed E-state index contributed by atoms with van der Waals surface area (Å²) in [5, 5.41) is 10.3. The van der Waals surface area contributed by atoms with E-state index in [4.69, 9.17) is 0 Å². The van der Waals surface area contributed by atoms with Crippen molar-refractivity contribution in [3.8, 4) is 0 Å². The first kappa shape index (κ1) is 12.0. The molecule has 3 atom stereocenters. The molecule has 0 bridgehead atoms. The average Bonchev–Trinajstić information content (AvgIpc) is 2.52. The van der Waals surface area contributed by atoms with Crippen molar-refractivity contribution in [1.82, 2.24) is 0 Å². The third-order valence-electron chi connectivity index (χ3n) is 3.76. The Morgan fingerprint density at radius 3 is 2.62 bits per heavy atom. The molecule has 0 amide bonds. The molecule has 0 aromatic heterocycles. The van der Waals surface area contributed by atoms with Gasteiger partial charge in [0.2, 0.25) is 0 Å². The molecule has 1 saturated carbocycles. The van der Waals surface area contributed by atoms with E-state index in [-0.39, 0.29) is 0 Å². The molecule has 2 rings (SSSR count). The van der Waals surface area contributed by atoms with Gasteiger partial charge in [-0.25, -0.2) is 0 Å². The number of hydrogen-bond donors (Lipinski definition) is 1. The number of aliphatic hydroxyl groups is 1. The van der Waals surface area contributed by atoms with Crippen LogP contribution in [0.25, 0.3) is 0 Å². The maximum atomic E-state index is 10.3. The van der Waals surface area contributed by atoms with Crippen LogP contribution in [-0.2, 0) is 0 Å². The zero-order valence-electron chi connectivity index (χ0n) is 10.0. The SMILES string of the molecule is C[C@@H]1CC[C@](C)(O)[C@H]1CSc1ccccc1. The number of thioether (sulfide) groups is 1. The molecule has 0 saturated heterocycles. The lowest BCUT2D eigenvalue weighted by Gasteiger charge is -2.27. The standard InChI is InChI=1S/C14H20OS/c1-11-8-9-14(2,15)13(11)10-16-12-6-4-3-5-7-12/h3-7,11,13,15H,8-10H2,1-2H3/t11-,13+,14+/m1/s1. The predicted octanol–water partition coefficient (Wildman–Crippen LogP) is 3.58. The lowest BCUT2D eigenvalue weighted by atomic mass is 9.90. The maximum absolute atomic E-state index is 10.3. The Morgan fingerprint density at radius 1 is 1.38 bits per heavy atom. The molecule has 2 heteroatoms. The van der Waals surface area contributed by atoms with Gasteiger partial charge in [0.05, 0.1) is 5.60 Å². The van der Waals surface area contributed by atoms with Gasteiger partial charge < -0.3 is 5.11 Å². The molecule has 0 unspecified atom stereocenters. The minimum atomic E-state index is -0.457. The minimum absolute atomic E-state index is 0.428. The monoisotopic (exact) mass is 236 g/mol. The van der Waals surface area contributed by atoms with Crippen molar-refractivity contribution in [2.45, 2.75) is 37.2 Å². The molecule has 0 aliphatic heterocycles. The summed E-state index contributed by atoms with van der Waals surface area (Å²) >= 11 is 1.86. The van der Waals surface area contributed by atoms with Crippen LogP contribution in [0.4, 0.5) is 0 Å². The molecule has 16 heavy (non-hydrogen) atoms. The lowest BCUT2D eigenvalue weighted by molar-refractivity contribution is 0.0223. The van der Waals surface area contributed by atoms with E-state index in [9.17, 15) is 5.11 Å². The Hall–Kier alpha value is -0.470. The molecule has 1 aliphatic rings. The van der Waals surface area contributed by atoms with E-state index in [1.165, 1.54) is 4.90 Å². The minimum Gasteiger partial charge on any atom is -0.390 e. The van der Waals surface area contributed by atoms with Crippen LogP contribution in [0.1, 0.15) is 26.7 Å². The molecule has 0 heterocycles. The Bertz CT molecular complexity index is 334. The van der Waals surface area contributed by atoms with E-state index in [0.717, 1.165) is 18.6 Å². The van der Waals surface area contributed by atoms with Crippen LogP contribution in [0, 0.1) is 11.8 Å². The quantitative estimate of drug-likeness (QED) is 0.810. The van der Waals surface area contributed by atoms with Crippen LogP contribution >= 0.6 is 11.8 Å². The number of rotatable bonds is 3. The second kappa shape index (κ2) is 4.80. The molecular formula is C14H20OS. The average molecular weight is 236 g/mol. The summed E-state index contributed by atoms with van der Waals surface area (Å²) in [6.07, 6.45) is 2.11. The van der Waals surface area contributed by atoms with Crippen LogP contribution in [0.3, 0.4) is 0 Å². The normalized spacial score (nSPS) is 34.2. The second-order valence-electron chi connectivity index (χ2n) is 5.10. The van der Waals surface area contributed by atoms with E-state index in [1.807, 2.05) is 24.8 Å². The van der Waals surface area contributed by atoms with Crippen LogP contribution < -0.4 is 0 Å². The molecule has 1 aromatic rings. The van der Waals surface area contributed by atoms with Crippen molar-refractivity contribution in [1.29, 1.82) is 0 Å². The van der Waals surface area contributed by atoms with Crippen LogP contribution in [0.15, 0.2) is 35.2 Å². The van der Waals surface area contributed by atoms with Gasteiger partial charge in [-0.15, -0.1) is 11.8 Å². The lowest BCUT2D eigenvalue weighted by Crippen LogP contribution is -2.32. The van der Waals surface area contributed by atoms with Crippen molar-refractivity contribution in [2.75, 3.05) is 5.75 Å². The first-order chi connectivity index (χ1) is 7.59. The van der Waals surface area contributed by atoms with Crippen LogP contribution in [0.5, 0.6) is 0 Å². The zero-order valence-corrected chi connectivity index (χ0v) is 10.8. The highest BCUT2D eigenvalue weighted by Crippen LogP contribution is 2.42. The summed E-state index contributed by atoms with van der Waals surface area (Å²) in [6.45, 7) is 4.25. The Balaban J connectivity index is 1.95. The fourth-order valence-corrected chi connectivity index (χ4v) is 3.98. The molecule has 0 spiro atoms. The summed E-state index contributed by atoms with van der Waals surface area (Å²) < 4.78 is 0. The van der Waals surface area contributed by atoms with E-state index < -0.39 is 5.60 Å². The van der Waals surface area contributed by atoms with Crippen molar-refractivity contribution in [3.63, 3.8) is 0 Å². The summed E-state index contributed by atoms with van der Waals surface area (Å²) in [6, 6.07) is 10.5. The summed E-state index contributed by atoms with van der Waals surface area (Å²) in [7, 11) is 0. The van der Waals surface area contributed by atoms with E-state index in [1.54, 1.807) is 0 Å². The molecule has 1 N–H and O–H groups in total. The van der Waals surface area contributed by atoms with E-state index in [2.05, 4.69) is 31.2 Å².